The topological polar surface area (TPSA) is 64.7 Å². The van der Waals surface area contributed by atoms with Crippen molar-refractivity contribution in [3.63, 3.8) is 0 Å². The minimum absolute atomic E-state index is 0.132. The fraction of sp³-hybridized carbons (Fsp3) is 0.312. The summed E-state index contributed by atoms with van der Waals surface area (Å²) in [6.07, 6.45) is -8.63. The second-order valence-electron chi connectivity index (χ2n) is 5.88. The minimum atomic E-state index is -4.67. The van der Waals surface area contributed by atoms with Gasteiger partial charge in [-0.05, 0) is 29.3 Å². The average Bonchev–Trinajstić information content (AvgIpc) is 2.94. The van der Waals surface area contributed by atoms with E-state index >= 15 is 0 Å². The zero-order chi connectivity index (χ0) is 20.7. The fourth-order valence-corrected chi connectivity index (χ4v) is 4.22. The van der Waals surface area contributed by atoms with Gasteiger partial charge in [0, 0.05) is 12.3 Å². The van der Waals surface area contributed by atoms with E-state index in [1.807, 2.05) is 0 Å². The summed E-state index contributed by atoms with van der Waals surface area (Å²) in [5.41, 5.74) is 4.79. The number of halogens is 6. The van der Waals surface area contributed by atoms with Gasteiger partial charge in [0.05, 0.1) is 22.1 Å². The lowest BCUT2D eigenvalue weighted by Crippen LogP contribution is -2.11. The van der Waals surface area contributed by atoms with Crippen LogP contribution in [0.2, 0.25) is 0 Å². The van der Waals surface area contributed by atoms with Crippen molar-refractivity contribution in [2.24, 2.45) is 0 Å². The molecular formula is C16H12F6N4S2. The maximum atomic E-state index is 12.9. The molecule has 0 aliphatic heterocycles. The van der Waals surface area contributed by atoms with Crippen molar-refractivity contribution in [1.82, 2.24) is 15.0 Å². The molecule has 3 rings (SSSR count). The normalized spacial score (nSPS) is 13.8. The minimum Gasteiger partial charge on any atom is -0.384 e. The molecular weight excluding hydrogens is 426 g/mol. The Balaban J connectivity index is 1.89. The first kappa shape index (κ1) is 20.6. The van der Waals surface area contributed by atoms with Crippen molar-refractivity contribution < 1.29 is 26.3 Å². The number of hydrogen-bond donors (Lipinski definition) is 1. The summed E-state index contributed by atoms with van der Waals surface area (Å²) in [5.74, 6) is -0.328. The Kier molecular flexibility index (Phi) is 5.45. The quantitative estimate of drug-likeness (QED) is 0.324. The summed E-state index contributed by atoms with van der Waals surface area (Å²) in [7, 11) is 0. The van der Waals surface area contributed by atoms with Crippen molar-refractivity contribution in [2.45, 2.75) is 36.1 Å². The van der Waals surface area contributed by atoms with Crippen molar-refractivity contribution in [1.29, 1.82) is 0 Å². The van der Waals surface area contributed by atoms with Crippen LogP contribution in [0.15, 0.2) is 28.9 Å². The molecule has 0 bridgehead atoms. The lowest BCUT2D eigenvalue weighted by atomic mass is 10.1. The summed E-state index contributed by atoms with van der Waals surface area (Å²) in [6, 6.07) is 2.15. The van der Waals surface area contributed by atoms with Crippen LogP contribution >= 0.6 is 23.1 Å². The third-order valence-electron chi connectivity index (χ3n) is 3.67. The summed E-state index contributed by atoms with van der Waals surface area (Å²) in [6.45, 7) is 1.65. The maximum Gasteiger partial charge on any atom is 0.433 e. The van der Waals surface area contributed by atoms with Gasteiger partial charge in [-0.15, -0.1) is 11.3 Å². The number of nitrogens with zero attached hydrogens (tertiary/aromatic N) is 3. The van der Waals surface area contributed by atoms with Crippen LogP contribution in [-0.4, -0.2) is 21.1 Å². The SMILES string of the molecule is CC(Sc1nc(N)cc(C(F)(F)F)n1)c1cc2c(CC(F)(F)F)csc2cn1. The summed E-state index contributed by atoms with van der Waals surface area (Å²) in [4.78, 5) is 11.5. The zero-order valence-electron chi connectivity index (χ0n) is 14.1. The molecule has 0 aromatic carbocycles. The van der Waals surface area contributed by atoms with Crippen LogP contribution in [0.5, 0.6) is 0 Å². The van der Waals surface area contributed by atoms with Crippen molar-refractivity contribution in [2.75, 3.05) is 5.73 Å². The first-order valence-corrected chi connectivity index (χ1v) is 9.49. The predicted octanol–water partition coefficient (Wildman–Crippen LogP) is 5.65. The number of thioether (sulfide) groups is 1. The average molecular weight is 438 g/mol. The third kappa shape index (κ3) is 4.85. The molecule has 3 aromatic rings. The predicted molar refractivity (Wildman–Crippen MR) is 95.1 cm³/mol. The molecule has 150 valence electrons. The van der Waals surface area contributed by atoms with E-state index in [9.17, 15) is 26.3 Å². The van der Waals surface area contributed by atoms with Crippen LogP contribution in [-0.2, 0) is 12.6 Å². The number of pyridine rings is 1. The first-order valence-electron chi connectivity index (χ1n) is 7.73. The highest BCUT2D eigenvalue weighted by atomic mass is 32.2. The Morgan fingerprint density at radius 3 is 2.50 bits per heavy atom. The zero-order valence-corrected chi connectivity index (χ0v) is 15.7. The number of nitrogens with two attached hydrogens (primary N) is 1. The van der Waals surface area contributed by atoms with Crippen LogP contribution in [0, 0.1) is 0 Å². The first-order chi connectivity index (χ1) is 12.9. The molecule has 0 fully saturated rings. The smallest absolute Gasteiger partial charge is 0.384 e. The lowest BCUT2D eigenvalue weighted by Gasteiger charge is -2.12. The van der Waals surface area contributed by atoms with Gasteiger partial charge >= 0.3 is 12.4 Å². The molecule has 0 spiro atoms. The van der Waals surface area contributed by atoms with E-state index in [4.69, 9.17) is 5.73 Å². The Bertz CT molecular complexity index is 999. The number of fused-ring (bicyclic) bond motifs is 1. The number of anilines is 1. The molecule has 2 N–H and O–H groups in total. The largest absolute Gasteiger partial charge is 0.433 e. The van der Waals surface area contributed by atoms with Crippen molar-refractivity contribution in [3.8, 4) is 0 Å². The van der Waals surface area contributed by atoms with Gasteiger partial charge in [-0.1, -0.05) is 11.8 Å². The van der Waals surface area contributed by atoms with Gasteiger partial charge in [0.2, 0.25) is 0 Å². The Morgan fingerprint density at radius 2 is 1.86 bits per heavy atom. The second kappa shape index (κ2) is 7.39. The molecule has 4 nitrogen and oxygen atoms in total. The van der Waals surface area contributed by atoms with Crippen LogP contribution < -0.4 is 5.73 Å². The van der Waals surface area contributed by atoms with Crippen molar-refractivity contribution >= 4 is 39.0 Å². The third-order valence-corrected chi connectivity index (χ3v) is 5.64. The summed E-state index contributed by atoms with van der Waals surface area (Å²) >= 11 is 2.04. The van der Waals surface area contributed by atoms with E-state index in [-0.39, 0.29) is 16.5 Å². The van der Waals surface area contributed by atoms with Crippen LogP contribution in [0.25, 0.3) is 10.1 Å². The second-order valence-corrected chi connectivity index (χ2v) is 8.10. The van der Waals surface area contributed by atoms with E-state index < -0.39 is 29.7 Å². The highest BCUT2D eigenvalue weighted by Gasteiger charge is 2.34. The van der Waals surface area contributed by atoms with Gasteiger partial charge in [-0.2, -0.15) is 26.3 Å². The molecule has 1 unspecified atom stereocenters. The summed E-state index contributed by atoms with van der Waals surface area (Å²) in [5, 5.41) is 1.15. The molecule has 0 aliphatic rings. The highest BCUT2D eigenvalue weighted by molar-refractivity contribution is 7.99. The van der Waals surface area contributed by atoms with Gasteiger partial charge < -0.3 is 5.73 Å². The number of nitrogen functional groups attached to an aromatic ring is 1. The van der Waals surface area contributed by atoms with E-state index in [2.05, 4.69) is 15.0 Å². The standard InChI is InChI=1S/C16H12F6N4S2/c1-7(28-14-25-12(16(20,21)22)3-13(23)26-14)10-2-9-8(4-15(17,18)19)6-27-11(9)5-24-10/h2-3,5-7H,4H2,1H3,(H2,23,25,26). The van der Waals surface area contributed by atoms with Gasteiger partial charge in [-0.25, -0.2) is 9.97 Å². The van der Waals surface area contributed by atoms with E-state index in [1.165, 1.54) is 17.6 Å². The molecule has 0 radical (unpaired) electrons. The van der Waals surface area contributed by atoms with Gasteiger partial charge in [0.1, 0.15) is 5.82 Å². The molecule has 28 heavy (non-hydrogen) atoms. The van der Waals surface area contributed by atoms with Crippen LogP contribution in [0.4, 0.5) is 32.2 Å². The van der Waals surface area contributed by atoms with Crippen molar-refractivity contribution in [3.05, 3.63) is 40.7 Å². The van der Waals surface area contributed by atoms with E-state index in [0.717, 1.165) is 23.1 Å². The molecule has 3 heterocycles. The van der Waals surface area contributed by atoms with Gasteiger partial charge in [-0.3, -0.25) is 4.98 Å². The Hall–Kier alpha value is -2.08. The molecule has 12 heteroatoms. The molecule has 0 saturated carbocycles. The summed E-state index contributed by atoms with van der Waals surface area (Å²) < 4.78 is 77.4. The Labute approximate surface area is 163 Å². The molecule has 1 atom stereocenters. The van der Waals surface area contributed by atoms with Crippen LogP contribution in [0.1, 0.15) is 29.1 Å². The fourth-order valence-electron chi connectivity index (χ4n) is 2.44. The van der Waals surface area contributed by atoms with Gasteiger partial charge in [0.25, 0.3) is 0 Å². The van der Waals surface area contributed by atoms with Crippen LogP contribution in [0.3, 0.4) is 0 Å². The number of hydrogen-bond acceptors (Lipinski definition) is 6. The number of aromatic nitrogens is 3. The number of thiophene rings is 1. The Morgan fingerprint density at radius 1 is 1.14 bits per heavy atom. The monoisotopic (exact) mass is 438 g/mol. The number of rotatable bonds is 4. The number of alkyl halides is 6. The molecule has 0 amide bonds. The molecule has 0 aliphatic carbocycles. The lowest BCUT2D eigenvalue weighted by molar-refractivity contribution is -0.141. The molecule has 3 aromatic heterocycles. The maximum absolute atomic E-state index is 12.9. The van der Waals surface area contributed by atoms with Gasteiger partial charge in [0.15, 0.2) is 10.9 Å². The molecule has 0 saturated heterocycles. The highest BCUT2D eigenvalue weighted by Crippen LogP contribution is 2.37. The van der Waals surface area contributed by atoms with E-state index in [1.54, 1.807) is 6.92 Å². The van der Waals surface area contributed by atoms with E-state index in [0.29, 0.717) is 21.8 Å².